The minimum atomic E-state index is -4.45. The number of anilines is 1. The molecule has 4 aromatic rings. The average molecular weight is 445 g/mol. The SMILES string of the molecule is Cc1cc(Oc2cc(C(F)(F)F)ccn2)c(C)cc1CCNc1ncnc2scnc12. The predicted molar refractivity (Wildman–Crippen MR) is 113 cm³/mol. The number of aromatic nitrogens is 4. The van der Waals surface area contributed by atoms with Crippen LogP contribution in [0.2, 0.25) is 0 Å². The number of thiazole rings is 1. The first-order valence-electron chi connectivity index (χ1n) is 9.40. The molecule has 6 nitrogen and oxygen atoms in total. The van der Waals surface area contributed by atoms with Crippen molar-refractivity contribution in [3.05, 3.63) is 64.6 Å². The summed E-state index contributed by atoms with van der Waals surface area (Å²) in [6, 6.07) is 5.60. The van der Waals surface area contributed by atoms with Crippen LogP contribution in [-0.2, 0) is 12.6 Å². The molecule has 0 aliphatic carbocycles. The third-order valence-electron chi connectivity index (χ3n) is 4.73. The van der Waals surface area contributed by atoms with Gasteiger partial charge in [-0.1, -0.05) is 6.07 Å². The van der Waals surface area contributed by atoms with Crippen LogP contribution in [0.25, 0.3) is 10.3 Å². The molecule has 3 aromatic heterocycles. The van der Waals surface area contributed by atoms with Crippen molar-refractivity contribution < 1.29 is 17.9 Å². The number of ether oxygens (including phenoxy) is 1. The summed E-state index contributed by atoms with van der Waals surface area (Å²) in [6.45, 7) is 4.42. The van der Waals surface area contributed by atoms with Crippen LogP contribution in [0.15, 0.2) is 42.3 Å². The number of rotatable bonds is 6. The first-order valence-corrected chi connectivity index (χ1v) is 10.3. The average Bonchev–Trinajstić information content (AvgIpc) is 3.21. The summed E-state index contributed by atoms with van der Waals surface area (Å²) in [4.78, 5) is 17.4. The summed E-state index contributed by atoms with van der Waals surface area (Å²) < 4.78 is 44.4. The smallest absolute Gasteiger partial charge is 0.416 e. The van der Waals surface area contributed by atoms with Crippen molar-refractivity contribution in [2.45, 2.75) is 26.4 Å². The molecule has 0 spiro atoms. The number of hydrogen-bond acceptors (Lipinski definition) is 7. The monoisotopic (exact) mass is 445 g/mol. The fraction of sp³-hybridized carbons (Fsp3) is 0.238. The zero-order valence-corrected chi connectivity index (χ0v) is 17.5. The molecule has 4 rings (SSSR count). The lowest BCUT2D eigenvalue weighted by Crippen LogP contribution is -2.08. The quantitative estimate of drug-likeness (QED) is 0.419. The molecule has 0 aliphatic rings. The first kappa shape index (κ1) is 21.0. The van der Waals surface area contributed by atoms with Gasteiger partial charge in [0, 0.05) is 18.8 Å². The van der Waals surface area contributed by atoms with E-state index >= 15 is 0 Å². The summed E-state index contributed by atoms with van der Waals surface area (Å²) in [5, 5.41) is 3.29. The van der Waals surface area contributed by atoms with E-state index in [1.54, 1.807) is 5.51 Å². The minimum Gasteiger partial charge on any atom is -0.439 e. The van der Waals surface area contributed by atoms with Crippen molar-refractivity contribution in [3.8, 4) is 11.6 Å². The Hall–Kier alpha value is -3.27. The van der Waals surface area contributed by atoms with E-state index in [4.69, 9.17) is 4.74 Å². The zero-order valence-electron chi connectivity index (χ0n) is 16.7. The molecule has 0 saturated carbocycles. The number of aryl methyl sites for hydroxylation is 2. The number of nitrogens with zero attached hydrogens (tertiary/aromatic N) is 4. The van der Waals surface area contributed by atoms with Crippen LogP contribution in [-0.4, -0.2) is 26.5 Å². The molecule has 1 N–H and O–H groups in total. The number of halogens is 3. The van der Waals surface area contributed by atoms with E-state index in [0.717, 1.165) is 51.8 Å². The molecular weight excluding hydrogens is 427 g/mol. The van der Waals surface area contributed by atoms with Gasteiger partial charge < -0.3 is 10.1 Å². The largest absolute Gasteiger partial charge is 0.439 e. The molecule has 0 fully saturated rings. The molecule has 160 valence electrons. The Morgan fingerprint density at radius 2 is 1.87 bits per heavy atom. The summed E-state index contributed by atoms with van der Waals surface area (Å²) >= 11 is 1.46. The zero-order chi connectivity index (χ0) is 22.0. The lowest BCUT2D eigenvalue weighted by molar-refractivity contribution is -0.137. The van der Waals surface area contributed by atoms with Crippen molar-refractivity contribution in [1.29, 1.82) is 0 Å². The highest BCUT2D eigenvalue weighted by Crippen LogP contribution is 2.33. The molecule has 0 atom stereocenters. The van der Waals surface area contributed by atoms with Crippen LogP contribution in [0.4, 0.5) is 19.0 Å². The van der Waals surface area contributed by atoms with E-state index in [-0.39, 0.29) is 5.88 Å². The number of hydrogen-bond donors (Lipinski definition) is 1. The predicted octanol–water partition coefficient (Wildman–Crippen LogP) is 5.56. The molecular formula is C21H18F3N5OS. The first-order chi connectivity index (χ1) is 14.8. The van der Waals surface area contributed by atoms with Gasteiger partial charge in [0.25, 0.3) is 0 Å². The van der Waals surface area contributed by atoms with Gasteiger partial charge in [-0.15, -0.1) is 11.3 Å². The molecule has 31 heavy (non-hydrogen) atoms. The second-order valence-electron chi connectivity index (χ2n) is 6.93. The van der Waals surface area contributed by atoms with E-state index in [1.807, 2.05) is 26.0 Å². The van der Waals surface area contributed by atoms with Gasteiger partial charge in [-0.25, -0.2) is 19.9 Å². The molecule has 10 heteroatoms. The Labute approximate surface area is 180 Å². The van der Waals surface area contributed by atoms with Crippen LogP contribution in [0, 0.1) is 13.8 Å². The maximum Gasteiger partial charge on any atom is 0.416 e. The maximum atomic E-state index is 12.9. The topological polar surface area (TPSA) is 72.8 Å². The minimum absolute atomic E-state index is 0.0946. The Morgan fingerprint density at radius 3 is 2.68 bits per heavy atom. The summed E-state index contributed by atoms with van der Waals surface area (Å²) in [5.74, 6) is 1.07. The maximum absolute atomic E-state index is 12.9. The molecule has 0 radical (unpaired) electrons. The number of pyridine rings is 1. The fourth-order valence-electron chi connectivity index (χ4n) is 3.12. The van der Waals surface area contributed by atoms with E-state index in [9.17, 15) is 13.2 Å². The van der Waals surface area contributed by atoms with Crippen molar-refractivity contribution in [2.24, 2.45) is 0 Å². The standard InChI is InChI=1S/C21H18F3N5OS/c1-12-8-16(30-17-9-15(4-6-25-17)21(22,23)24)13(2)7-14(12)3-5-26-19-18-20(28-10-27-19)31-11-29-18/h4,6-11H,3,5H2,1-2H3,(H,26,27,28). The molecule has 0 aliphatic heterocycles. The van der Waals surface area contributed by atoms with Crippen LogP contribution in [0.5, 0.6) is 11.6 Å². The summed E-state index contributed by atoms with van der Waals surface area (Å²) in [6.07, 6.45) is -1.12. The molecule has 0 saturated heterocycles. The Morgan fingerprint density at radius 1 is 1.03 bits per heavy atom. The van der Waals surface area contributed by atoms with Crippen LogP contribution < -0.4 is 10.1 Å². The van der Waals surface area contributed by atoms with Crippen LogP contribution >= 0.6 is 11.3 Å². The summed E-state index contributed by atoms with van der Waals surface area (Å²) in [7, 11) is 0. The second-order valence-corrected chi connectivity index (χ2v) is 7.77. The van der Waals surface area contributed by atoms with Crippen molar-refractivity contribution in [2.75, 3.05) is 11.9 Å². The van der Waals surface area contributed by atoms with E-state index in [1.165, 1.54) is 17.7 Å². The van der Waals surface area contributed by atoms with Gasteiger partial charge in [0.15, 0.2) is 5.82 Å². The number of fused-ring (bicyclic) bond motifs is 1. The molecule has 0 bridgehead atoms. The summed E-state index contributed by atoms with van der Waals surface area (Å²) in [5.41, 5.74) is 4.56. The normalized spacial score (nSPS) is 11.6. The van der Waals surface area contributed by atoms with Crippen LogP contribution in [0.1, 0.15) is 22.3 Å². The highest BCUT2D eigenvalue weighted by atomic mass is 32.1. The molecule has 1 aromatic carbocycles. The molecule has 0 amide bonds. The Balaban J connectivity index is 1.45. The van der Waals surface area contributed by atoms with E-state index in [0.29, 0.717) is 18.1 Å². The van der Waals surface area contributed by atoms with E-state index in [2.05, 4.69) is 25.3 Å². The number of nitrogens with one attached hydrogen (secondary N) is 1. The fourth-order valence-corrected chi connectivity index (χ4v) is 3.75. The second kappa shape index (κ2) is 8.46. The lowest BCUT2D eigenvalue weighted by Gasteiger charge is -2.14. The van der Waals surface area contributed by atoms with E-state index < -0.39 is 11.7 Å². The molecule has 0 unspecified atom stereocenters. The Kier molecular flexibility index (Phi) is 5.73. The van der Waals surface area contributed by atoms with Crippen LogP contribution in [0.3, 0.4) is 0 Å². The van der Waals surface area contributed by atoms with Gasteiger partial charge in [-0.05, 0) is 49.1 Å². The van der Waals surface area contributed by atoms with Crippen molar-refractivity contribution in [3.63, 3.8) is 0 Å². The molecule has 3 heterocycles. The lowest BCUT2D eigenvalue weighted by atomic mass is 10.0. The van der Waals surface area contributed by atoms with Gasteiger partial charge in [0.2, 0.25) is 5.88 Å². The van der Waals surface area contributed by atoms with Gasteiger partial charge >= 0.3 is 6.18 Å². The highest BCUT2D eigenvalue weighted by Gasteiger charge is 2.31. The van der Waals surface area contributed by atoms with Crippen molar-refractivity contribution >= 4 is 27.5 Å². The van der Waals surface area contributed by atoms with Gasteiger partial charge in [-0.3, -0.25) is 0 Å². The van der Waals surface area contributed by atoms with Crippen molar-refractivity contribution in [1.82, 2.24) is 19.9 Å². The highest BCUT2D eigenvalue weighted by molar-refractivity contribution is 7.16. The third-order valence-corrected chi connectivity index (χ3v) is 5.46. The van der Waals surface area contributed by atoms with Gasteiger partial charge in [-0.2, -0.15) is 13.2 Å². The number of benzene rings is 1. The van der Waals surface area contributed by atoms with Gasteiger partial charge in [0.05, 0.1) is 11.1 Å². The van der Waals surface area contributed by atoms with Gasteiger partial charge in [0.1, 0.15) is 22.4 Å². The number of alkyl halides is 3. The Bertz CT molecular complexity index is 1230. The third kappa shape index (κ3) is 4.74.